The third-order valence-electron chi connectivity index (χ3n) is 1.95. The standard InChI is InChI=1S/C9H9F2NO2.ClH/c1-5(12)6-2-3-7-8(4-6)14-9(10,11)13-7;/h2-5H,12H2,1H3;1H/t5-;/m1./s1. The van der Waals surface area contributed by atoms with Crippen LogP contribution in [0.15, 0.2) is 18.2 Å². The Hall–Kier alpha value is -1.07. The number of hydrogen-bond acceptors (Lipinski definition) is 3. The van der Waals surface area contributed by atoms with Crippen LogP contribution in [0.3, 0.4) is 0 Å². The third kappa shape index (κ3) is 2.30. The molecule has 0 bridgehead atoms. The van der Waals surface area contributed by atoms with E-state index in [9.17, 15) is 8.78 Å². The Bertz CT molecular complexity index is 371. The summed E-state index contributed by atoms with van der Waals surface area (Å²) in [4.78, 5) is 0. The fourth-order valence-corrected chi connectivity index (χ4v) is 1.25. The number of ether oxygens (including phenoxy) is 2. The van der Waals surface area contributed by atoms with E-state index in [2.05, 4.69) is 9.47 Å². The van der Waals surface area contributed by atoms with E-state index in [1.54, 1.807) is 13.0 Å². The van der Waals surface area contributed by atoms with Crippen LogP contribution in [0.1, 0.15) is 18.5 Å². The number of nitrogens with two attached hydrogens (primary N) is 1. The van der Waals surface area contributed by atoms with Crippen molar-refractivity contribution in [2.24, 2.45) is 5.73 Å². The minimum Gasteiger partial charge on any atom is -0.395 e. The first-order valence-corrected chi connectivity index (χ1v) is 4.13. The monoisotopic (exact) mass is 237 g/mol. The molecular weight excluding hydrogens is 228 g/mol. The Morgan fingerprint density at radius 3 is 2.47 bits per heavy atom. The first-order chi connectivity index (χ1) is 6.48. The maximum absolute atomic E-state index is 12.6. The van der Waals surface area contributed by atoms with E-state index in [4.69, 9.17) is 5.73 Å². The second kappa shape index (κ2) is 3.83. The molecule has 1 aliphatic heterocycles. The summed E-state index contributed by atoms with van der Waals surface area (Å²) in [5, 5.41) is 0. The van der Waals surface area contributed by atoms with Crippen molar-refractivity contribution in [1.29, 1.82) is 0 Å². The molecule has 0 saturated heterocycles. The molecular formula is C9H10ClF2NO2. The van der Waals surface area contributed by atoms with Gasteiger partial charge in [0.2, 0.25) is 0 Å². The van der Waals surface area contributed by atoms with Gasteiger partial charge in [-0.25, -0.2) is 0 Å². The van der Waals surface area contributed by atoms with E-state index in [1.807, 2.05) is 0 Å². The zero-order valence-corrected chi connectivity index (χ0v) is 8.68. The summed E-state index contributed by atoms with van der Waals surface area (Å²) in [6.07, 6.45) is -3.56. The quantitative estimate of drug-likeness (QED) is 0.816. The molecule has 2 N–H and O–H groups in total. The summed E-state index contributed by atoms with van der Waals surface area (Å²) in [7, 11) is 0. The molecule has 84 valence electrons. The number of alkyl halides is 2. The van der Waals surface area contributed by atoms with Crippen LogP contribution in [-0.4, -0.2) is 6.29 Å². The Morgan fingerprint density at radius 1 is 1.27 bits per heavy atom. The van der Waals surface area contributed by atoms with Crippen molar-refractivity contribution in [2.75, 3.05) is 0 Å². The summed E-state index contributed by atoms with van der Waals surface area (Å²) in [6.45, 7) is 1.76. The largest absolute Gasteiger partial charge is 0.586 e. The Morgan fingerprint density at radius 2 is 1.87 bits per heavy atom. The van der Waals surface area contributed by atoms with Crippen molar-refractivity contribution in [3.05, 3.63) is 23.8 Å². The molecule has 0 amide bonds. The van der Waals surface area contributed by atoms with Crippen molar-refractivity contribution >= 4 is 12.4 Å². The molecule has 1 heterocycles. The molecule has 2 rings (SSSR count). The number of hydrogen-bond donors (Lipinski definition) is 1. The summed E-state index contributed by atoms with van der Waals surface area (Å²) in [6, 6.07) is 4.29. The predicted octanol–water partition coefficient (Wildman–Crippen LogP) is 2.45. The molecule has 0 saturated carbocycles. The highest BCUT2D eigenvalue weighted by Crippen LogP contribution is 2.41. The molecule has 0 spiro atoms. The van der Waals surface area contributed by atoms with Gasteiger partial charge in [0, 0.05) is 6.04 Å². The first kappa shape index (κ1) is 12.0. The molecule has 3 nitrogen and oxygen atoms in total. The lowest BCUT2D eigenvalue weighted by atomic mass is 10.1. The van der Waals surface area contributed by atoms with Gasteiger partial charge in [-0.2, -0.15) is 0 Å². The van der Waals surface area contributed by atoms with Crippen molar-refractivity contribution in [2.45, 2.75) is 19.3 Å². The third-order valence-corrected chi connectivity index (χ3v) is 1.95. The van der Waals surface area contributed by atoms with Gasteiger partial charge in [-0.1, -0.05) is 6.07 Å². The van der Waals surface area contributed by atoms with Gasteiger partial charge < -0.3 is 15.2 Å². The molecule has 0 radical (unpaired) electrons. The molecule has 0 fully saturated rings. The van der Waals surface area contributed by atoms with Gasteiger partial charge in [-0.15, -0.1) is 21.2 Å². The van der Waals surface area contributed by atoms with E-state index in [0.717, 1.165) is 5.56 Å². The van der Waals surface area contributed by atoms with Crippen LogP contribution in [0.5, 0.6) is 11.5 Å². The van der Waals surface area contributed by atoms with Gasteiger partial charge in [-0.3, -0.25) is 0 Å². The highest BCUT2D eigenvalue weighted by Gasteiger charge is 2.43. The van der Waals surface area contributed by atoms with Gasteiger partial charge in [0.15, 0.2) is 11.5 Å². The summed E-state index contributed by atoms with van der Waals surface area (Å²) < 4.78 is 33.7. The lowest BCUT2D eigenvalue weighted by Gasteiger charge is -2.05. The first-order valence-electron chi connectivity index (χ1n) is 4.13. The van der Waals surface area contributed by atoms with Crippen LogP contribution in [0, 0.1) is 0 Å². The van der Waals surface area contributed by atoms with Crippen molar-refractivity contribution in [3.8, 4) is 11.5 Å². The molecule has 1 aliphatic rings. The molecule has 1 aromatic rings. The van der Waals surface area contributed by atoms with E-state index < -0.39 is 6.29 Å². The fraction of sp³-hybridized carbons (Fsp3) is 0.333. The van der Waals surface area contributed by atoms with Gasteiger partial charge in [0.05, 0.1) is 0 Å². The van der Waals surface area contributed by atoms with Crippen LogP contribution >= 0.6 is 12.4 Å². The topological polar surface area (TPSA) is 44.5 Å². The number of halogens is 3. The Kier molecular flexibility index (Phi) is 3.06. The molecule has 15 heavy (non-hydrogen) atoms. The molecule has 6 heteroatoms. The normalized spacial score (nSPS) is 18.1. The van der Waals surface area contributed by atoms with E-state index in [0.29, 0.717) is 0 Å². The minimum absolute atomic E-state index is 0. The van der Waals surface area contributed by atoms with Crippen LogP contribution < -0.4 is 15.2 Å². The molecule has 1 aromatic carbocycles. The fourth-order valence-electron chi connectivity index (χ4n) is 1.25. The van der Waals surface area contributed by atoms with Crippen LogP contribution in [-0.2, 0) is 0 Å². The minimum atomic E-state index is -3.56. The zero-order chi connectivity index (χ0) is 10.3. The van der Waals surface area contributed by atoms with Crippen molar-refractivity contribution in [3.63, 3.8) is 0 Å². The van der Waals surface area contributed by atoms with E-state index >= 15 is 0 Å². The average molecular weight is 238 g/mol. The maximum atomic E-state index is 12.6. The average Bonchev–Trinajstić information content (AvgIpc) is 2.36. The van der Waals surface area contributed by atoms with Gasteiger partial charge in [-0.05, 0) is 24.6 Å². The summed E-state index contributed by atoms with van der Waals surface area (Å²) >= 11 is 0. The summed E-state index contributed by atoms with van der Waals surface area (Å²) in [5.41, 5.74) is 6.32. The van der Waals surface area contributed by atoms with Gasteiger partial charge in [0.25, 0.3) is 0 Å². The van der Waals surface area contributed by atoms with E-state index in [-0.39, 0.29) is 29.9 Å². The van der Waals surface area contributed by atoms with Crippen molar-refractivity contribution < 1.29 is 18.3 Å². The molecule has 0 aromatic heterocycles. The van der Waals surface area contributed by atoms with Crippen molar-refractivity contribution in [1.82, 2.24) is 0 Å². The van der Waals surface area contributed by atoms with Crippen LogP contribution in [0.2, 0.25) is 0 Å². The zero-order valence-electron chi connectivity index (χ0n) is 7.87. The second-order valence-corrected chi connectivity index (χ2v) is 3.16. The lowest BCUT2D eigenvalue weighted by molar-refractivity contribution is -0.286. The van der Waals surface area contributed by atoms with Crippen LogP contribution in [0.4, 0.5) is 8.78 Å². The van der Waals surface area contributed by atoms with E-state index in [1.165, 1.54) is 12.1 Å². The second-order valence-electron chi connectivity index (χ2n) is 3.16. The predicted molar refractivity (Wildman–Crippen MR) is 52.5 cm³/mol. The number of benzene rings is 1. The highest BCUT2D eigenvalue weighted by atomic mass is 35.5. The number of fused-ring (bicyclic) bond motifs is 1. The number of rotatable bonds is 1. The van der Waals surface area contributed by atoms with Gasteiger partial charge in [0.1, 0.15) is 0 Å². The SMILES string of the molecule is C[C@@H](N)c1ccc2c(c1)OC(F)(F)O2.Cl. The van der Waals surface area contributed by atoms with Crippen LogP contribution in [0.25, 0.3) is 0 Å². The molecule has 1 atom stereocenters. The molecule has 0 aliphatic carbocycles. The Balaban J connectivity index is 0.00000112. The highest BCUT2D eigenvalue weighted by molar-refractivity contribution is 5.85. The lowest BCUT2D eigenvalue weighted by Crippen LogP contribution is -2.25. The van der Waals surface area contributed by atoms with Gasteiger partial charge >= 0.3 is 6.29 Å². The summed E-state index contributed by atoms with van der Waals surface area (Å²) in [5.74, 6) is 0.0733. The maximum Gasteiger partial charge on any atom is 0.586 e. The molecule has 0 unspecified atom stereocenters. The smallest absolute Gasteiger partial charge is 0.395 e. The Labute approximate surface area is 91.6 Å².